The van der Waals surface area contributed by atoms with Gasteiger partial charge >= 0.3 is 0 Å². The Morgan fingerprint density at radius 1 is 0.750 bits per heavy atom. The molecule has 3 aromatic carbocycles. The maximum absolute atomic E-state index is 13.4. The molecule has 3 N–H and O–H groups in total. The van der Waals surface area contributed by atoms with Gasteiger partial charge in [0.25, 0.3) is 5.91 Å². The molecule has 6 nitrogen and oxygen atoms in total. The molecule has 5 aromatic rings. The standard InChI is InChI=1S/C26H20N4O2/c27-25(31)23(15-17-14-13-16-7-1-4-10-20(16)28-17)30-26(32)24-18-8-2-5-11-21(18)29-22-12-6-3-9-19(22)24/h1-14,23H,15H2,(H2,27,31)(H,30,32)/t23-/m0/s1. The molecule has 2 amide bonds. The Hall–Kier alpha value is -4.32. The summed E-state index contributed by atoms with van der Waals surface area (Å²) in [5, 5.41) is 5.27. The molecule has 0 radical (unpaired) electrons. The van der Waals surface area contributed by atoms with E-state index in [1.165, 1.54) is 0 Å². The van der Waals surface area contributed by atoms with E-state index in [1.54, 1.807) is 0 Å². The summed E-state index contributed by atoms with van der Waals surface area (Å²) in [6, 6.07) is 25.5. The van der Waals surface area contributed by atoms with Crippen LogP contribution >= 0.6 is 0 Å². The molecule has 0 unspecified atom stereocenters. The minimum absolute atomic E-state index is 0.201. The van der Waals surface area contributed by atoms with Crippen molar-refractivity contribution in [1.29, 1.82) is 0 Å². The van der Waals surface area contributed by atoms with Crippen molar-refractivity contribution in [3.8, 4) is 0 Å². The van der Waals surface area contributed by atoms with E-state index in [2.05, 4.69) is 15.3 Å². The maximum atomic E-state index is 13.4. The average molecular weight is 420 g/mol. The van der Waals surface area contributed by atoms with E-state index in [4.69, 9.17) is 5.73 Å². The molecule has 6 heteroatoms. The van der Waals surface area contributed by atoms with Gasteiger partial charge in [-0.15, -0.1) is 0 Å². The quantitative estimate of drug-likeness (QED) is 0.423. The summed E-state index contributed by atoms with van der Waals surface area (Å²) in [5.41, 5.74) is 9.06. The number of rotatable bonds is 5. The van der Waals surface area contributed by atoms with Crippen LogP contribution in [0, 0.1) is 0 Å². The number of hydrogen-bond acceptors (Lipinski definition) is 4. The Labute approximate surface area is 184 Å². The van der Waals surface area contributed by atoms with Crippen LogP contribution in [-0.4, -0.2) is 27.8 Å². The van der Waals surface area contributed by atoms with E-state index in [0.29, 0.717) is 22.3 Å². The largest absolute Gasteiger partial charge is 0.368 e. The number of para-hydroxylation sites is 3. The van der Waals surface area contributed by atoms with Crippen LogP contribution in [0.3, 0.4) is 0 Å². The van der Waals surface area contributed by atoms with Crippen LogP contribution in [-0.2, 0) is 11.2 Å². The van der Waals surface area contributed by atoms with Gasteiger partial charge in [-0.2, -0.15) is 0 Å². The summed E-state index contributed by atoms with van der Waals surface area (Å²) in [7, 11) is 0. The monoisotopic (exact) mass is 420 g/mol. The minimum atomic E-state index is -0.901. The second kappa shape index (κ2) is 8.07. The molecule has 0 saturated heterocycles. The fourth-order valence-corrected chi connectivity index (χ4v) is 3.97. The Morgan fingerprint density at radius 2 is 1.34 bits per heavy atom. The number of carbonyl (C=O) groups excluding carboxylic acids is 2. The number of nitrogens with one attached hydrogen (secondary N) is 1. The van der Waals surface area contributed by atoms with Crippen LogP contribution in [0.25, 0.3) is 32.7 Å². The number of nitrogens with two attached hydrogens (primary N) is 1. The average Bonchev–Trinajstić information content (AvgIpc) is 2.81. The predicted molar refractivity (Wildman–Crippen MR) is 125 cm³/mol. The summed E-state index contributed by atoms with van der Waals surface area (Å²) in [5.74, 6) is -0.986. The molecule has 2 heterocycles. The molecular formula is C26H20N4O2. The molecule has 0 fully saturated rings. The molecule has 0 aliphatic carbocycles. The van der Waals surface area contributed by atoms with Gasteiger partial charge in [0.15, 0.2) is 0 Å². The van der Waals surface area contributed by atoms with Gasteiger partial charge < -0.3 is 11.1 Å². The van der Waals surface area contributed by atoms with Crippen LogP contribution in [0.2, 0.25) is 0 Å². The Kier molecular flexibility index (Phi) is 4.95. The third kappa shape index (κ3) is 3.63. The van der Waals surface area contributed by atoms with Gasteiger partial charge in [-0.25, -0.2) is 4.98 Å². The number of pyridine rings is 2. The van der Waals surface area contributed by atoms with Crippen molar-refractivity contribution in [3.63, 3.8) is 0 Å². The van der Waals surface area contributed by atoms with Crippen LogP contribution < -0.4 is 11.1 Å². The first-order chi connectivity index (χ1) is 15.6. The number of nitrogens with zero attached hydrogens (tertiary/aromatic N) is 2. The van der Waals surface area contributed by atoms with E-state index < -0.39 is 11.9 Å². The van der Waals surface area contributed by atoms with Gasteiger partial charge in [0.05, 0.1) is 22.1 Å². The van der Waals surface area contributed by atoms with Crippen molar-refractivity contribution >= 4 is 44.5 Å². The third-order valence-electron chi connectivity index (χ3n) is 5.53. The highest BCUT2D eigenvalue weighted by molar-refractivity contribution is 6.16. The highest BCUT2D eigenvalue weighted by Gasteiger charge is 2.23. The van der Waals surface area contributed by atoms with Crippen LogP contribution in [0.4, 0.5) is 0 Å². The zero-order valence-corrected chi connectivity index (χ0v) is 17.2. The van der Waals surface area contributed by atoms with Crippen molar-refractivity contribution in [2.45, 2.75) is 12.5 Å². The topological polar surface area (TPSA) is 98.0 Å². The maximum Gasteiger partial charge on any atom is 0.253 e. The highest BCUT2D eigenvalue weighted by Crippen LogP contribution is 2.26. The molecule has 5 rings (SSSR count). The first kappa shape index (κ1) is 19.6. The zero-order valence-electron chi connectivity index (χ0n) is 17.2. The summed E-state index contributed by atoms with van der Waals surface area (Å²) < 4.78 is 0. The van der Waals surface area contributed by atoms with Crippen LogP contribution in [0.15, 0.2) is 84.9 Å². The van der Waals surface area contributed by atoms with Gasteiger partial charge in [-0.3, -0.25) is 14.6 Å². The van der Waals surface area contributed by atoms with Crippen molar-refractivity contribution in [2.24, 2.45) is 5.73 Å². The first-order valence-corrected chi connectivity index (χ1v) is 10.3. The Balaban J connectivity index is 1.51. The number of hydrogen-bond donors (Lipinski definition) is 2. The predicted octanol–water partition coefficient (Wildman–Crippen LogP) is 3.76. The van der Waals surface area contributed by atoms with Crippen molar-refractivity contribution in [3.05, 3.63) is 96.2 Å². The molecule has 0 spiro atoms. The lowest BCUT2D eigenvalue weighted by Gasteiger charge is -2.17. The van der Waals surface area contributed by atoms with Gasteiger partial charge in [-0.05, 0) is 24.3 Å². The number of carbonyl (C=O) groups is 2. The van der Waals surface area contributed by atoms with E-state index in [-0.39, 0.29) is 12.3 Å². The summed E-state index contributed by atoms with van der Waals surface area (Å²) in [4.78, 5) is 34.9. The normalized spacial score (nSPS) is 12.1. The molecule has 0 aliphatic rings. The molecule has 0 saturated carbocycles. The lowest BCUT2D eigenvalue weighted by molar-refractivity contribution is -0.119. The molecule has 0 aliphatic heterocycles. The minimum Gasteiger partial charge on any atom is -0.368 e. The zero-order chi connectivity index (χ0) is 22.1. The number of primary amides is 1. The molecule has 156 valence electrons. The second-order valence-electron chi connectivity index (χ2n) is 7.65. The third-order valence-corrected chi connectivity index (χ3v) is 5.53. The van der Waals surface area contributed by atoms with Gasteiger partial charge in [0.1, 0.15) is 6.04 Å². The van der Waals surface area contributed by atoms with E-state index in [1.807, 2.05) is 84.9 Å². The number of amides is 2. The number of aromatic nitrogens is 2. The SMILES string of the molecule is NC(=O)[C@H](Cc1ccc2ccccc2n1)NC(=O)c1c2ccccc2nc2ccccc12. The first-order valence-electron chi connectivity index (χ1n) is 10.3. The highest BCUT2D eigenvalue weighted by atomic mass is 16.2. The van der Waals surface area contributed by atoms with Gasteiger partial charge in [0, 0.05) is 28.3 Å². The fraction of sp³-hybridized carbons (Fsp3) is 0.0769. The molecule has 0 bridgehead atoms. The molecule has 2 aromatic heterocycles. The fourth-order valence-electron chi connectivity index (χ4n) is 3.97. The number of fused-ring (bicyclic) bond motifs is 3. The summed E-state index contributed by atoms with van der Waals surface area (Å²) in [6.07, 6.45) is 0.201. The van der Waals surface area contributed by atoms with Crippen molar-refractivity contribution in [1.82, 2.24) is 15.3 Å². The molecule has 32 heavy (non-hydrogen) atoms. The summed E-state index contributed by atoms with van der Waals surface area (Å²) >= 11 is 0. The lowest BCUT2D eigenvalue weighted by Crippen LogP contribution is -2.46. The molecular weight excluding hydrogens is 400 g/mol. The Bertz CT molecular complexity index is 1440. The Morgan fingerprint density at radius 3 is 2.00 bits per heavy atom. The lowest BCUT2D eigenvalue weighted by atomic mass is 10.0. The summed E-state index contributed by atoms with van der Waals surface area (Å²) in [6.45, 7) is 0. The van der Waals surface area contributed by atoms with Gasteiger partial charge in [-0.1, -0.05) is 60.7 Å². The van der Waals surface area contributed by atoms with Crippen LogP contribution in [0.1, 0.15) is 16.1 Å². The second-order valence-corrected chi connectivity index (χ2v) is 7.65. The van der Waals surface area contributed by atoms with Crippen molar-refractivity contribution < 1.29 is 9.59 Å². The van der Waals surface area contributed by atoms with Crippen LogP contribution in [0.5, 0.6) is 0 Å². The van der Waals surface area contributed by atoms with E-state index in [9.17, 15) is 9.59 Å². The van der Waals surface area contributed by atoms with E-state index >= 15 is 0 Å². The van der Waals surface area contributed by atoms with Crippen molar-refractivity contribution in [2.75, 3.05) is 0 Å². The smallest absolute Gasteiger partial charge is 0.253 e. The molecule has 1 atom stereocenters. The number of benzene rings is 3. The van der Waals surface area contributed by atoms with Gasteiger partial charge in [0.2, 0.25) is 5.91 Å². The van der Waals surface area contributed by atoms with E-state index in [0.717, 1.165) is 21.7 Å².